The lowest BCUT2D eigenvalue weighted by Gasteiger charge is -2.29. The summed E-state index contributed by atoms with van der Waals surface area (Å²) < 4.78 is 1.15. The molecular weight excluding hydrogens is 369 g/mol. The normalized spacial score (nSPS) is 14.3. The van der Waals surface area contributed by atoms with E-state index >= 15 is 0 Å². The number of amides is 1. The summed E-state index contributed by atoms with van der Waals surface area (Å²) >= 11 is 3.88. The third-order valence-electron chi connectivity index (χ3n) is 3.41. The minimum atomic E-state index is 0.129. The van der Waals surface area contributed by atoms with Crippen molar-refractivity contribution < 1.29 is 4.79 Å². The Morgan fingerprint density at radius 2 is 2.21 bits per heavy atom. The quantitative estimate of drug-likeness (QED) is 0.675. The van der Waals surface area contributed by atoms with E-state index in [0.29, 0.717) is 0 Å². The van der Waals surface area contributed by atoms with Crippen molar-refractivity contribution in [1.82, 2.24) is 0 Å². The zero-order valence-corrected chi connectivity index (χ0v) is 13.6. The van der Waals surface area contributed by atoms with Crippen molar-refractivity contribution in [2.45, 2.75) is 19.8 Å². The predicted molar refractivity (Wildman–Crippen MR) is 88.2 cm³/mol. The minimum Gasteiger partial charge on any atom is -0.308 e. The first-order valence-corrected chi connectivity index (χ1v) is 8.26. The number of hydrogen-bond acceptors (Lipinski definition) is 2. The molecule has 1 amide bonds. The molecule has 0 saturated carbocycles. The maximum atomic E-state index is 12.6. The Labute approximate surface area is 130 Å². The molecule has 0 atom stereocenters. The Morgan fingerprint density at radius 1 is 1.37 bits per heavy atom. The number of fused-ring (bicyclic) bond motifs is 1. The largest absolute Gasteiger partial charge is 0.308 e. The molecule has 98 valence electrons. The molecule has 0 bridgehead atoms. The molecule has 0 fully saturated rings. The van der Waals surface area contributed by atoms with Gasteiger partial charge in [0.15, 0.2) is 0 Å². The molecule has 0 spiro atoms. The van der Waals surface area contributed by atoms with Crippen molar-refractivity contribution in [3.8, 4) is 0 Å². The monoisotopic (exact) mass is 383 g/mol. The van der Waals surface area contributed by atoms with E-state index in [0.717, 1.165) is 33.5 Å². The fourth-order valence-corrected chi connectivity index (χ4v) is 3.84. The fourth-order valence-electron chi connectivity index (χ4n) is 2.51. The lowest BCUT2D eigenvalue weighted by atomic mass is 9.99. The molecule has 2 aromatic rings. The highest BCUT2D eigenvalue weighted by molar-refractivity contribution is 14.1. The van der Waals surface area contributed by atoms with Crippen LogP contribution < -0.4 is 4.90 Å². The number of aryl methyl sites for hydroxylation is 2. The lowest BCUT2D eigenvalue weighted by molar-refractivity contribution is 0.0985. The molecule has 0 N–H and O–H groups in total. The molecule has 4 heteroatoms. The second-order valence-corrected chi connectivity index (χ2v) is 7.64. The second-order valence-electron chi connectivity index (χ2n) is 4.83. The summed E-state index contributed by atoms with van der Waals surface area (Å²) in [5, 5.41) is 1.95. The molecule has 19 heavy (non-hydrogen) atoms. The fraction of sp³-hybridized carbons (Fsp3) is 0.267. The van der Waals surface area contributed by atoms with Gasteiger partial charge in [-0.3, -0.25) is 4.79 Å². The van der Waals surface area contributed by atoms with Crippen LogP contribution in [0.5, 0.6) is 0 Å². The summed E-state index contributed by atoms with van der Waals surface area (Å²) in [7, 11) is 0. The van der Waals surface area contributed by atoms with Gasteiger partial charge < -0.3 is 4.90 Å². The average molecular weight is 383 g/mol. The molecule has 0 unspecified atom stereocenters. The minimum absolute atomic E-state index is 0.129. The maximum absolute atomic E-state index is 12.6. The number of benzene rings is 1. The summed E-state index contributed by atoms with van der Waals surface area (Å²) in [4.78, 5) is 14.5. The molecule has 2 heterocycles. The zero-order valence-electron chi connectivity index (χ0n) is 10.6. The van der Waals surface area contributed by atoms with Crippen LogP contribution in [-0.2, 0) is 6.42 Å². The number of thiophene rings is 1. The van der Waals surface area contributed by atoms with Gasteiger partial charge in [0.1, 0.15) is 0 Å². The van der Waals surface area contributed by atoms with E-state index in [4.69, 9.17) is 0 Å². The first-order chi connectivity index (χ1) is 9.15. The van der Waals surface area contributed by atoms with Crippen molar-refractivity contribution >= 4 is 45.5 Å². The number of nitrogens with zero attached hydrogens (tertiary/aromatic N) is 1. The summed E-state index contributed by atoms with van der Waals surface area (Å²) in [6.07, 6.45) is 2.12. The van der Waals surface area contributed by atoms with E-state index in [1.165, 1.54) is 11.1 Å². The van der Waals surface area contributed by atoms with Gasteiger partial charge in [0.25, 0.3) is 5.91 Å². The predicted octanol–water partition coefficient (Wildman–Crippen LogP) is 4.25. The number of halogens is 1. The molecule has 2 nitrogen and oxygen atoms in total. The van der Waals surface area contributed by atoms with Crippen molar-refractivity contribution in [2.24, 2.45) is 0 Å². The number of carbonyl (C=O) groups excluding carboxylic acids is 1. The SMILES string of the molecule is Cc1ccc2c(c1)CCCN2C(=O)c1csc(I)c1. The van der Waals surface area contributed by atoms with E-state index in [1.54, 1.807) is 11.3 Å². The maximum Gasteiger partial charge on any atom is 0.259 e. The van der Waals surface area contributed by atoms with Crippen LogP contribution in [-0.4, -0.2) is 12.5 Å². The van der Waals surface area contributed by atoms with Crippen LogP contribution in [0, 0.1) is 9.81 Å². The average Bonchev–Trinajstić information content (AvgIpc) is 2.83. The van der Waals surface area contributed by atoms with Gasteiger partial charge in [0.05, 0.1) is 8.45 Å². The Balaban J connectivity index is 1.97. The van der Waals surface area contributed by atoms with Crippen molar-refractivity contribution in [3.63, 3.8) is 0 Å². The second kappa shape index (κ2) is 5.25. The lowest BCUT2D eigenvalue weighted by Crippen LogP contribution is -2.35. The van der Waals surface area contributed by atoms with E-state index in [-0.39, 0.29) is 5.91 Å². The van der Waals surface area contributed by atoms with E-state index in [9.17, 15) is 4.79 Å². The van der Waals surface area contributed by atoms with Gasteiger partial charge >= 0.3 is 0 Å². The van der Waals surface area contributed by atoms with Crippen molar-refractivity contribution in [3.05, 3.63) is 49.2 Å². The van der Waals surface area contributed by atoms with Crippen molar-refractivity contribution in [1.29, 1.82) is 0 Å². The standard InChI is InChI=1S/C15H14INOS/c1-10-4-5-13-11(7-10)3-2-6-17(13)15(18)12-8-14(16)19-9-12/h4-5,7-9H,2-3,6H2,1H3. The Kier molecular flexibility index (Phi) is 3.62. The Bertz CT molecular complexity index is 635. The first kappa shape index (κ1) is 13.1. The molecule has 1 aliphatic rings. The van der Waals surface area contributed by atoms with Crippen LogP contribution in [0.3, 0.4) is 0 Å². The third-order valence-corrected chi connectivity index (χ3v) is 5.20. The van der Waals surface area contributed by atoms with Gasteiger partial charge in [-0.1, -0.05) is 17.7 Å². The summed E-state index contributed by atoms with van der Waals surface area (Å²) in [6, 6.07) is 8.34. The molecule has 0 radical (unpaired) electrons. The first-order valence-electron chi connectivity index (χ1n) is 6.30. The van der Waals surface area contributed by atoms with Crippen LogP contribution in [0.15, 0.2) is 29.6 Å². The zero-order chi connectivity index (χ0) is 13.4. The molecule has 1 aromatic carbocycles. The van der Waals surface area contributed by atoms with Gasteiger partial charge in [0.2, 0.25) is 0 Å². The number of carbonyl (C=O) groups is 1. The van der Waals surface area contributed by atoms with Gasteiger partial charge in [-0.25, -0.2) is 0 Å². The molecule has 0 saturated heterocycles. The van der Waals surface area contributed by atoms with E-state index in [1.807, 2.05) is 16.3 Å². The number of anilines is 1. The van der Waals surface area contributed by atoms with E-state index in [2.05, 4.69) is 47.7 Å². The Hall–Kier alpha value is -0.880. The van der Waals surface area contributed by atoms with Crippen LogP contribution in [0.2, 0.25) is 0 Å². The van der Waals surface area contributed by atoms with Crippen LogP contribution in [0.25, 0.3) is 0 Å². The highest BCUT2D eigenvalue weighted by Gasteiger charge is 2.24. The highest BCUT2D eigenvalue weighted by Crippen LogP contribution is 2.30. The van der Waals surface area contributed by atoms with Crippen LogP contribution in [0.1, 0.15) is 27.9 Å². The molecule has 3 rings (SSSR count). The highest BCUT2D eigenvalue weighted by atomic mass is 127. The molecule has 0 aliphatic carbocycles. The third kappa shape index (κ3) is 2.56. The van der Waals surface area contributed by atoms with Crippen LogP contribution in [0.4, 0.5) is 5.69 Å². The molecule has 1 aromatic heterocycles. The van der Waals surface area contributed by atoms with Crippen LogP contribution >= 0.6 is 33.9 Å². The van der Waals surface area contributed by atoms with Crippen molar-refractivity contribution in [2.75, 3.05) is 11.4 Å². The molecule has 1 aliphatic heterocycles. The van der Waals surface area contributed by atoms with Gasteiger partial charge in [0, 0.05) is 17.6 Å². The van der Waals surface area contributed by atoms with Gasteiger partial charge in [-0.05, 0) is 60.1 Å². The summed E-state index contributed by atoms with van der Waals surface area (Å²) in [5.41, 5.74) is 4.45. The van der Waals surface area contributed by atoms with Gasteiger partial charge in [-0.2, -0.15) is 0 Å². The summed E-state index contributed by atoms with van der Waals surface area (Å²) in [5.74, 6) is 0.129. The van der Waals surface area contributed by atoms with Gasteiger partial charge in [-0.15, -0.1) is 11.3 Å². The van der Waals surface area contributed by atoms with E-state index < -0.39 is 0 Å². The summed E-state index contributed by atoms with van der Waals surface area (Å²) in [6.45, 7) is 2.92. The number of rotatable bonds is 1. The number of hydrogen-bond donors (Lipinski definition) is 0. The Morgan fingerprint density at radius 3 is 2.95 bits per heavy atom. The molecular formula is C15H14INOS. The smallest absolute Gasteiger partial charge is 0.259 e. The topological polar surface area (TPSA) is 20.3 Å².